The summed E-state index contributed by atoms with van der Waals surface area (Å²) < 4.78 is 5.02. The lowest BCUT2D eigenvalue weighted by atomic mass is 10.1. The van der Waals surface area contributed by atoms with Gasteiger partial charge in [0, 0.05) is 6.07 Å². The summed E-state index contributed by atoms with van der Waals surface area (Å²) >= 11 is 0. The second-order valence-electron chi connectivity index (χ2n) is 3.30. The molecular formula is C10H16N2O3. The lowest BCUT2D eigenvalue weighted by Gasteiger charge is -2.12. The Morgan fingerprint density at radius 3 is 2.93 bits per heavy atom. The fourth-order valence-corrected chi connectivity index (χ4v) is 1.28. The van der Waals surface area contributed by atoms with E-state index in [2.05, 4.69) is 5.32 Å². The number of unbranched alkanes of at least 4 members (excludes halogenated alkanes) is 1. The summed E-state index contributed by atoms with van der Waals surface area (Å²) in [6.07, 6.45) is 3.68. The van der Waals surface area contributed by atoms with Crippen LogP contribution in [0.2, 0.25) is 0 Å². The van der Waals surface area contributed by atoms with Crippen LogP contribution in [0, 0.1) is 0 Å². The van der Waals surface area contributed by atoms with Crippen molar-refractivity contribution in [3.63, 3.8) is 0 Å². The Kier molecular flexibility index (Phi) is 4.70. The maximum absolute atomic E-state index is 10.9. The minimum absolute atomic E-state index is 0.482. The molecule has 0 aromatic carbocycles. The van der Waals surface area contributed by atoms with Gasteiger partial charge in [-0.2, -0.15) is 0 Å². The van der Waals surface area contributed by atoms with Crippen molar-refractivity contribution in [2.24, 2.45) is 5.73 Å². The minimum atomic E-state index is -0.872. The van der Waals surface area contributed by atoms with Gasteiger partial charge in [-0.25, -0.2) is 4.79 Å². The van der Waals surface area contributed by atoms with Gasteiger partial charge in [-0.3, -0.25) is 0 Å². The van der Waals surface area contributed by atoms with Crippen LogP contribution in [0.25, 0.3) is 0 Å². The van der Waals surface area contributed by atoms with Crippen LogP contribution in [0.4, 0.5) is 5.88 Å². The van der Waals surface area contributed by atoms with Crippen molar-refractivity contribution in [2.75, 3.05) is 11.9 Å². The summed E-state index contributed by atoms with van der Waals surface area (Å²) in [5.41, 5.74) is 5.34. The number of carbonyl (C=O) groups is 1. The molecule has 0 saturated heterocycles. The largest absolute Gasteiger partial charge is 0.480 e. The van der Waals surface area contributed by atoms with Crippen LogP contribution < -0.4 is 11.1 Å². The number of carboxylic acid groups (broad SMARTS) is 1. The SMILES string of the molecule is NCCCCC(Nc1ccco1)C(=O)O. The molecule has 1 rings (SSSR count). The molecule has 0 amide bonds. The van der Waals surface area contributed by atoms with Crippen molar-refractivity contribution < 1.29 is 14.3 Å². The topological polar surface area (TPSA) is 88.5 Å². The molecule has 0 aliphatic carbocycles. The second kappa shape index (κ2) is 6.08. The van der Waals surface area contributed by atoms with Crippen molar-refractivity contribution in [2.45, 2.75) is 25.3 Å². The summed E-state index contributed by atoms with van der Waals surface area (Å²) in [6, 6.07) is 2.79. The zero-order valence-electron chi connectivity index (χ0n) is 8.48. The monoisotopic (exact) mass is 212 g/mol. The molecule has 0 aliphatic heterocycles. The molecule has 0 aliphatic rings. The lowest BCUT2D eigenvalue weighted by molar-refractivity contribution is -0.138. The second-order valence-corrected chi connectivity index (χ2v) is 3.30. The third kappa shape index (κ3) is 4.03. The Labute approximate surface area is 88.3 Å². The van der Waals surface area contributed by atoms with Crippen LogP contribution in [0.5, 0.6) is 0 Å². The highest BCUT2D eigenvalue weighted by molar-refractivity contribution is 5.76. The number of anilines is 1. The smallest absolute Gasteiger partial charge is 0.326 e. The van der Waals surface area contributed by atoms with Crippen LogP contribution in [0.1, 0.15) is 19.3 Å². The number of aliphatic carboxylic acids is 1. The van der Waals surface area contributed by atoms with Gasteiger partial charge in [0.05, 0.1) is 6.26 Å². The van der Waals surface area contributed by atoms with E-state index in [0.717, 1.165) is 12.8 Å². The van der Waals surface area contributed by atoms with Crippen LogP contribution in [0.3, 0.4) is 0 Å². The van der Waals surface area contributed by atoms with E-state index in [-0.39, 0.29) is 0 Å². The molecule has 1 atom stereocenters. The third-order valence-corrected chi connectivity index (χ3v) is 2.08. The molecule has 1 aromatic rings. The average molecular weight is 212 g/mol. The molecule has 5 heteroatoms. The van der Waals surface area contributed by atoms with Crippen molar-refractivity contribution in [3.05, 3.63) is 18.4 Å². The Hall–Kier alpha value is -1.49. The van der Waals surface area contributed by atoms with Gasteiger partial charge in [0.25, 0.3) is 0 Å². The first-order chi connectivity index (χ1) is 7.24. The standard InChI is InChI=1S/C10H16N2O3/c11-6-2-1-4-8(10(13)14)12-9-5-3-7-15-9/h3,5,7-8,12H,1-2,4,6,11H2,(H,13,14). The van der Waals surface area contributed by atoms with E-state index in [1.165, 1.54) is 6.26 Å². The molecule has 15 heavy (non-hydrogen) atoms. The fraction of sp³-hybridized carbons (Fsp3) is 0.500. The molecule has 1 unspecified atom stereocenters. The van der Waals surface area contributed by atoms with Gasteiger partial charge in [0.2, 0.25) is 0 Å². The van der Waals surface area contributed by atoms with Gasteiger partial charge in [0.15, 0.2) is 5.88 Å². The van der Waals surface area contributed by atoms with Crippen molar-refractivity contribution in [1.29, 1.82) is 0 Å². The van der Waals surface area contributed by atoms with E-state index in [4.69, 9.17) is 15.3 Å². The highest BCUT2D eigenvalue weighted by atomic mass is 16.4. The molecule has 1 heterocycles. The van der Waals surface area contributed by atoms with E-state index in [1.54, 1.807) is 12.1 Å². The van der Waals surface area contributed by atoms with Crippen LogP contribution in [-0.4, -0.2) is 23.7 Å². The van der Waals surface area contributed by atoms with Crippen LogP contribution >= 0.6 is 0 Å². The molecule has 1 aromatic heterocycles. The highest BCUT2D eigenvalue weighted by Gasteiger charge is 2.17. The summed E-state index contributed by atoms with van der Waals surface area (Å²) in [7, 11) is 0. The van der Waals surface area contributed by atoms with Gasteiger partial charge >= 0.3 is 5.97 Å². The molecule has 0 spiro atoms. The molecule has 0 fully saturated rings. The number of hydrogen-bond donors (Lipinski definition) is 3. The van der Waals surface area contributed by atoms with E-state index >= 15 is 0 Å². The molecule has 0 bridgehead atoms. The van der Waals surface area contributed by atoms with Gasteiger partial charge < -0.3 is 20.6 Å². The maximum atomic E-state index is 10.9. The maximum Gasteiger partial charge on any atom is 0.326 e. The molecule has 5 nitrogen and oxygen atoms in total. The first-order valence-electron chi connectivity index (χ1n) is 4.97. The molecule has 84 valence electrons. The zero-order valence-corrected chi connectivity index (χ0v) is 8.48. The van der Waals surface area contributed by atoms with Crippen molar-refractivity contribution in [3.8, 4) is 0 Å². The predicted octanol–water partition coefficient (Wildman–Crippen LogP) is 1.27. The number of carboxylic acids is 1. The van der Waals surface area contributed by atoms with Crippen molar-refractivity contribution in [1.82, 2.24) is 0 Å². The Morgan fingerprint density at radius 1 is 1.60 bits per heavy atom. The predicted molar refractivity (Wildman–Crippen MR) is 56.7 cm³/mol. The number of nitrogens with two attached hydrogens (primary N) is 1. The number of hydrogen-bond acceptors (Lipinski definition) is 4. The summed E-state index contributed by atoms with van der Waals surface area (Å²) in [4.78, 5) is 10.9. The normalized spacial score (nSPS) is 12.3. The van der Waals surface area contributed by atoms with Gasteiger partial charge in [-0.05, 0) is 31.9 Å². The summed E-state index contributed by atoms with van der Waals surface area (Å²) in [5, 5.41) is 11.7. The lowest BCUT2D eigenvalue weighted by Crippen LogP contribution is -2.29. The summed E-state index contributed by atoms with van der Waals surface area (Å²) in [5.74, 6) is -0.390. The van der Waals surface area contributed by atoms with Gasteiger partial charge in [-0.15, -0.1) is 0 Å². The molecule has 4 N–H and O–H groups in total. The first-order valence-corrected chi connectivity index (χ1v) is 4.97. The average Bonchev–Trinajstić information content (AvgIpc) is 2.69. The van der Waals surface area contributed by atoms with E-state index < -0.39 is 12.0 Å². The fourth-order valence-electron chi connectivity index (χ4n) is 1.28. The van der Waals surface area contributed by atoms with Crippen molar-refractivity contribution >= 4 is 11.9 Å². The molecule has 0 saturated carbocycles. The number of furan rings is 1. The minimum Gasteiger partial charge on any atom is -0.480 e. The third-order valence-electron chi connectivity index (χ3n) is 2.08. The number of rotatable bonds is 7. The van der Waals surface area contributed by atoms with Crippen LogP contribution in [0.15, 0.2) is 22.8 Å². The first kappa shape index (κ1) is 11.6. The Bertz CT molecular complexity index is 285. The molecule has 0 radical (unpaired) electrons. The zero-order chi connectivity index (χ0) is 11.1. The highest BCUT2D eigenvalue weighted by Crippen LogP contribution is 2.12. The van der Waals surface area contributed by atoms with Gasteiger partial charge in [0.1, 0.15) is 6.04 Å². The molecular weight excluding hydrogens is 196 g/mol. The summed E-state index contributed by atoms with van der Waals surface area (Å²) in [6.45, 7) is 0.590. The van der Waals surface area contributed by atoms with E-state index in [9.17, 15) is 4.79 Å². The van der Waals surface area contributed by atoms with E-state index in [0.29, 0.717) is 18.8 Å². The Morgan fingerprint density at radius 2 is 2.40 bits per heavy atom. The van der Waals surface area contributed by atoms with Gasteiger partial charge in [-0.1, -0.05) is 0 Å². The number of nitrogens with one attached hydrogen (secondary N) is 1. The Balaban J connectivity index is 2.40. The quantitative estimate of drug-likeness (QED) is 0.592. The van der Waals surface area contributed by atoms with E-state index in [1.807, 2.05) is 0 Å². The van der Waals surface area contributed by atoms with Crippen LogP contribution in [-0.2, 0) is 4.79 Å².